The summed E-state index contributed by atoms with van der Waals surface area (Å²) in [5, 5.41) is 8.80. The van der Waals surface area contributed by atoms with Crippen LogP contribution in [0.3, 0.4) is 0 Å². The molecule has 1 aromatic carbocycles. The highest BCUT2D eigenvalue weighted by Crippen LogP contribution is 2.35. The van der Waals surface area contributed by atoms with Gasteiger partial charge >= 0.3 is 6.03 Å². The molecule has 2 saturated heterocycles. The van der Waals surface area contributed by atoms with Gasteiger partial charge < -0.3 is 15.5 Å². The van der Waals surface area contributed by atoms with Crippen LogP contribution in [0.2, 0.25) is 0 Å². The molecule has 0 bridgehead atoms. The topological polar surface area (TPSA) is 85.8 Å². The van der Waals surface area contributed by atoms with Crippen molar-refractivity contribution < 1.29 is 9.59 Å². The number of hydrogen-bond acceptors (Lipinski definition) is 3. The highest BCUT2D eigenvalue weighted by atomic mass is 127. The number of imide groups is 1. The second kappa shape index (κ2) is 8.89. The Kier molecular flexibility index (Phi) is 6.70. The normalized spacial score (nSPS) is 29.7. The number of urea groups is 1. The van der Waals surface area contributed by atoms with Crippen LogP contribution in [0.5, 0.6) is 0 Å². The molecule has 3 aliphatic rings. The first kappa shape index (κ1) is 21.9. The van der Waals surface area contributed by atoms with E-state index in [-0.39, 0.29) is 41.8 Å². The number of likely N-dealkylation sites (tertiary alicyclic amines) is 1. The Bertz CT molecular complexity index is 779. The maximum Gasteiger partial charge on any atom is 0.322 e. The van der Waals surface area contributed by atoms with Gasteiger partial charge in [0.25, 0.3) is 5.91 Å². The number of guanidine groups is 1. The number of nitrogens with zero attached hydrogens (tertiary/aromatic N) is 2. The van der Waals surface area contributed by atoms with Crippen molar-refractivity contribution in [1.82, 2.24) is 20.9 Å². The Hall–Kier alpha value is -1.84. The van der Waals surface area contributed by atoms with Crippen molar-refractivity contribution in [2.75, 3.05) is 20.1 Å². The van der Waals surface area contributed by atoms with Crippen molar-refractivity contribution >= 4 is 41.9 Å². The van der Waals surface area contributed by atoms with Crippen LogP contribution >= 0.6 is 24.0 Å². The summed E-state index contributed by atoms with van der Waals surface area (Å²) in [7, 11) is 1.83. The second-order valence-electron chi connectivity index (χ2n) is 8.36. The minimum Gasteiger partial charge on any atom is -0.353 e. The van der Waals surface area contributed by atoms with Gasteiger partial charge in [0.15, 0.2) is 5.96 Å². The van der Waals surface area contributed by atoms with Crippen LogP contribution in [-0.2, 0) is 11.2 Å². The molecular formula is C21H30IN5O2. The van der Waals surface area contributed by atoms with E-state index in [4.69, 9.17) is 0 Å². The zero-order valence-electron chi connectivity index (χ0n) is 17.0. The molecule has 2 aliphatic heterocycles. The standard InChI is InChI=1S/C21H29N5O2.HI/c1-21(18(27)24-20(28)25-21)16-8-10-26(11-9-16)19(22-2)23-17-13-15(17)12-14-6-4-3-5-7-14;/h3-7,15-17H,8-13H2,1-2H3,(H,22,23)(H2,24,25,27,28);1H. The number of rotatable bonds is 4. The van der Waals surface area contributed by atoms with Gasteiger partial charge in [0.2, 0.25) is 0 Å². The van der Waals surface area contributed by atoms with Gasteiger partial charge in [-0.15, -0.1) is 24.0 Å². The van der Waals surface area contributed by atoms with E-state index in [2.05, 4.69) is 56.2 Å². The summed E-state index contributed by atoms with van der Waals surface area (Å²) < 4.78 is 0. The summed E-state index contributed by atoms with van der Waals surface area (Å²) in [4.78, 5) is 30.5. The number of aliphatic imine (C=N–C) groups is 1. The lowest BCUT2D eigenvalue weighted by Gasteiger charge is -2.39. The summed E-state index contributed by atoms with van der Waals surface area (Å²) in [5.41, 5.74) is 0.593. The number of piperidine rings is 1. The average Bonchev–Trinajstić information content (AvgIpc) is 3.37. The van der Waals surface area contributed by atoms with Crippen molar-refractivity contribution in [3.8, 4) is 0 Å². The maximum atomic E-state index is 12.2. The van der Waals surface area contributed by atoms with Gasteiger partial charge in [-0.3, -0.25) is 15.1 Å². The molecule has 3 atom stereocenters. The fourth-order valence-corrected chi connectivity index (χ4v) is 4.54. The number of benzene rings is 1. The fourth-order valence-electron chi connectivity index (χ4n) is 4.54. The molecule has 1 aliphatic carbocycles. The molecule has 0 spiro atoms. The maximum absolute atomic E-state index is 12.2. The van der Waals surface area contributed by atoms with Crippen molar-refractivity contribution in [2.45, 2.75) is 44.2 Å². The van der Waals surface area contributed by atoms with E-state index in [0.29, 0.717) is 12.0 Å². The molecule has 8 heteroatoms. The molecule has 0 radical (unpaired) electrons. The Balaban J connectivity index is 0.00000240. The van der Waals surface area contributed by atoms with E-state index in [1.807, 2.05) is 14.0 Å². The largest absolute Gasteiger partial charge is 0.353 e. The minimum absolute atomic E-state index is 0. The summed E-state index contributed by atoms with van der Waals surface area (Å²) in [6.45, 7) is 3.50. The first-order valence-corrected chi connectivity index (χ1v) is 10.2. The molecule has 7 nitrogen and oxygen atoms in total. The molecule has 3 amide bonds. The van der Waals surface area contributed by atoms with E-state index in [1.54, 1.807) is 0 Å². The molecule has 1 saturated carbocycles. The summed E-state index contributed by atoms with van der Waals surface area (Å²) in [6, 6.07) is 10.7. The Morgan fingerprint density at radius 2 is 1.93 bits per heavy atom. The molecule has 1 aromatic rings. The fraction of sp³-hybridized carbons (Fsp3) is 0.571. The van der Waals surface area contributed by atoms with Gasteiger partial charge in [-0.2, -0.15) is 0 Å². The first-order chi connectivity index (χ1) is 13.5. The molecular weight excluding hydrogens is 481 g/mol. The highest BCUT2D eigenvalue weighted by molar-refractivity contribution is 14.0. The molecule has 2 heterocycles. The quantitative estimate of drug-likeness (QED) is 0.250. The van der Waals surface area contributed by atoms with E-state index in [0.717, 1.165) is 38.3 Å². The lowest BCUT2D eigenvalue weighted by atomic mass is 9.79. The third-order valence-electron chi connectivity index (χ3n) is 6.47. The Morgan fingerprint density at radius 1 is 1.24 bits per heavy atom. The number of carbonyl (C=O) groups excluding carboxylic acids is 2. The molecule has 29 heavy (non-hydrogen) atoms. The summed E-state index contributed by atoms with van der Waals surface area (Å²) in [5.74, 6) is 1.54. The molecule has 3 fully saturated rings. The first-order valence-electron chi connectivity index (χ1n) is 10.2. The van der Waals surface area contributed by atoms with Crippen LogP contribution in [0.1, 0.15) is 31.7 Å². The molecule has 3 unspecified atom stereocenters. The lowest BCUT2D eigenvalue weighted by molar-refractivity contribution is -0.125. The zero-order valence-corrected chi connectivity index (χ0v) is 19.3. The van der Waals surface area contributed by atoms with Crippen molar-refractivity contribution in [1.29, 1.82) is 0 Å². The Labute approximate surface area is 189 Å². The van der Waals surface area contributed by atoms with Gasteiger partial charge in [0, 0.05) is 26.2 Å². The van der Waals surface area contributed by atoms with Crippen LogP contribution in [0.15, 0.2) is 35.3 Å². The van der Waals surface area contributed by atoms with Gasteiger partial charge in [0.1, 0.15) is 5.54 Å². The van der Waals surface area contributed by atoms with Gasteiger partial charge in [-0.05, 0) is 50.0 Å². The van der Waals surface area contributed by atoms with Crippen molar-refractivity contribution in [3.05, 3.63) is 35.9 Å². The SMILES string of the molecule is CN=C(NC1CC1Cc1ccccc1)N1CCC(C2(C)NC(=O)NC2=O)CC1.I. The van der Waals surface area contributed by atoms with Gasteiger partial charge in [-0.1, -0.05) is 30.3 Å². The van der Waals surface area contributed by atoms with Gasteiger partial charge in [-0.25, -0.2) is 4.79 Å². The summed E-state index contributed by atoms with van der Waals surface area (Å²) >= 11 is 0. The van der Waals surface area contributed by atoms with E-state index < -0.39 is 5.54 Å². The molecule has 158 valence electrons. The number of nitrogens with one attached hydrogen (secondary N) is 3. The zero-order chi connectivity index (χ0) is 19.7. The predicted molar refractivity (Wildman–Crippen MR) is 123 cm³/mol. The third-order valence-corrected chi connectivity index (χ3v) is 6.47. The van der Waals surface area contributed by atoms with Crippen LogP contribution in [0, 0.1) is 11.8 Å². The number of halogens is 1. The smallest absolute Gasteiger partial charge is 0.322 e. The molecule has 4 rings (SSSR count). The second-order valence-corrected chi connectivity index (χ2v) is 8.36. The summed E-state index contributed by atoms with van der Waals surface area (Å²) in [6.07, 6.45) is 3.98. The van der Waals surface area contributed by atoms with E-state index >= 15 is 0 Å². The molecule has 0 aromatic heterocycles. The van der Waals surface area contributed by atoms with Crippen LogP contribution < -0.4 is 16.0 Å². The van der Waals surface area contributed by atoms with Crippen LogP contribution in [-0.4, -0.2) is 54.5 Å². The van der Waals surface area contributed by atoms with Crippen LogP contribution in [0.25, 0.3) is 0 Å². The average molecular weight is 511 g/mol. The monoisotopic (exact) mass is 511 g/mol. The molecule has 3 N–H and O–H groups in total. The predicted octanol–water partition coefficient (Wildman–Crippen LogP) is 2.12. The lowest BCUT2D eigenvalue weighted by Crippen LogP contribution is -2.55. The van der Waals surface area contributed by atoms with Crippen molar-refractivity contribution in [3.63, 3.8) is 0 Å². The van der Waals surface area contributed by atoms with E-state index in [9.17, 15) is 9.59 Å². The number of amides is 3. The third kappa shape index (κ3) is 4.67. The number of carbonyl (C=O) groups is 2. The minimum atomic E-state index is -0.794. The van der Waals surface area contributed by atoms with Crippen LogP contribution in [0.4, 0.5) is 4.79 Å². The van der Waals surface area contributed by atoms with E-state index in [1.165, 1.54) is 12.0 Å². The van der Waals surface area contributed by atoms with Gasteiger partial charge in [0.05, 0.1) is 0 Å². The highest BCUT2D eigenvalue weighted by Gasteiger charge is 2.49. The number of hydrogen-bond donors (Lipinski definition) is 3. The van der Waals surface area contributed by atoms with Crippen molar-refractivity contribution in [2.24, 2.45) is 16.8 Å². The Morgan fingerprint density at radius 3 is 2.52 bits per heavy atom.